The van der Waals surface area contributed by atoms with Crippen LogP contribution in [0.4, 0.5) is 0 Å². The zero-order valence-corrected chi connectivity index (χ0v) is 11.4. The first-order valence-corrected chi connectivity index (χ1v) is 7.64. The van der Waals surface area contributed by atoms with Gasteiger partial charge >= 0.3 is 0 Å². The molecule has 1 saturated heterocycles. The fourth-order valence-electron chi connectivity index (χ4n) is 3.01. The van der Waals surface area contributed by atoms with Gasteiger partial charge in [0.2, 0.25) is 0 Å². The summed E-state index contributed by atoms with van der Waals surface area (Å²) in [7, 11) is 2.27. The molecule has 2 nitrogen and oxygen atoms in total. The monoisotopic (exact) mass is 250 g/mol. The van der Waals surface area contributed by atoms with Crippen molar-refractivity contribution in [2.45, 2.75) is 37.8 Å². The molecule has 1 aliphatic heterocycles. The summed E-state index contributed by atoms with van der Waals surface area (Å²) in [6.07, 6.45) is 5.43. The highest BCUT2D eigenvalue weighted by atomic mass is 32.1. The van der Waals surface area contributed by atoms with E-state index >= 15 is 0 Å². The van der Waals surface area contributed by atoms with Gasteiger partial charge in [0.1, 0.15) is 0 Å². The smallest absolute Gasteiger partial charge is 0.0200 e. The van der Waals surface area contributed by atoms with E-state index in [0.717, 1.165) is 18.0 Å². The summed E-state index contributed by atoms with van der Waals surface area (Å²) in [6, 6.07) is 6.02. The summed E-state index contributed by atoms with van der Waals surface area (Å²) in [5.74, 6) is 0.837. The van der Waals surface area contributed by atoms with E-state index in [4.69, 9.17) is 0 Å². The Morgan fingerprint density at radius 3 is 2.94 bits per heavy atom. The van der Waals surface area contributed by atoms with Crippen LogP contribution in [0.1, 0.15) is 24.1 Å². The zero-order valence-electron chi connectivity index (χ0n) is 10.6. The number of nitrogens with zero attached hydrogens (tertiary/aromatic N) is 1. The number of likely N-dealkylation sites (N-methyl/N-ethyl adjacent to an activating group) is 1. The van der Waals surface area contributed by atoms with Crippen molar-refractivity contribution in [3.63, 3.8) is 0 Å². The molecular formula is C14H22N2S. The molecule has 3 rings (SSSR count). The summed E-state index contributed by atoms with van der Waals surface area (Å²) < 4.78 is 0. The van der Waals surface area contributed by atoms with Gasteiger partial charge in [0.25, 0.3) is 0 Å². The van der Waals surface area contributed by atoms with E-state index in [2.05, 4.69) is 34.8 Å². The standard InChI is InChI=1S/C14H22N2S/c1-16-9-11(8-14-3-2-6-17-14)7-13(10-16)15-12-4-5-12/h2-3,6,11-13,15H,4-5,7-10H2,1H3. The second-order valence-electron chi connectivity index (χ2n) is 5.74. The molecule has 0 aromatic carbocycles. The number of hydrogen-bond acceptors (Lipinski definition) is 3. The molecule has 0 radical (unpaired) electrons. The quantitative estimate of drug-likeness (QED) is 0.882. The van der Waals surface area contributed by atoms with Crippen LogP contribution in [0.25, 0.3) is 0 Å². The van der Waals surface area contributed by atoms with Crippen molar-refractivity contribution in [1.29, 1.82) is 0 Å². The van der Waals surface area contributed by atoms with Crippen molar-refractivity contribution in [2.75, 3.05) is 20.1 Å². The van der Waals surface area contributed by atoms with Gasteiger partial charge in [0.15, 0.2) is 0 Å². The molecule has 2 heterocycles. The van der Waals surface area contributed by atoms with E-state index in [-0.39, 0.29) is 0 Å². The lowest BCUT2D eigenvalue weighted by atomic mass is 9.91. The maximum absolute atomic E-state index is 3.79. The van der Waals surface area contributed by atoms with Crippen LogP contribution in [0.15, 0.2) is 17.5 Å². The highest BCUT2D eigenvalue weighted by Crippen LogP contribution is 2.26. The number of likely N-dealkylation sites (tertiary alicyclic amines) is 1. The minimum Gasteiger partial charge on any atom is -0.310 e. The highest BCUT2D eigenvalue weighted by Gasteiger charge is 2.30. The molecule has 0 amide bonds. The first-order chi connectivity index (χ1) is 8.29. The molecule has 2 unspecified atom stereocenters. The molecule has 3 heteroatoms. The third-order valence-electron chi connectivity index (χ3n) is 3.84. The minimum atomic E-state index is 0.728. The second kappa shape index (κ2) is 5.09. The molecule has 1 N–H and O–H groups in total. The van der Waals surface area contributed by atoms with E-state index in [0.29, 0.717) is 0 Å². The number of hydrogen-bond donors (Lipinski definition) is 1. The van der Waals surface area contributed by atoms with Crippen LogP contribution in [0.3, 0.4) is 0 Å². The molecule has 94 valence electrons. The molecule has 1 aliphatic carbocycles. The van der Waals surface area contributed by atoms with Gasteiger partial charge in [-0.25, -0.2) is 0 Å². The average Bonchev–Trinajstić information content (AvgIpc) is 2.92. The fraction of sp³-hybridized carbons (Fsp3) is 0.714. The Hall–Kier alpha value is -0.380. The lowest BCUT2D eigenvalue weighted by molar-refractivity contribution is 0.168. The number of rotatable bonds is 4. The summed E-state index contributed by atoms with van der Waals surface area (Å²) in [6.45, 7) is 2.50. The first-order valence-electron chi connectivity index (χ1n) is 6.76. The molecule has 1 aromatic rings. The van der Waals surface area contributed by atoms with Crippen LogP contribution in [0, 0.1) is 5.92 Å². The summed E-state index contributed by atoms with van der Waals surface area (Å²) in [4.78, 5) is 4.05. The Balaban J connectivity index is 1.56. The number of piperidine rings is 1. The molecule has 17 heavy (non-hydrogen) atoms. The second-order valence-corrected chi connectivity index (χ2v) is 6.78. The molecular weight excluding hydrogens is 228 g/mol. The lowest BCUT2D eigenvalue weighted by Gasteiger charge is -2.36. The van der Waals surface area contributed by atoms with Crippen LogP contribution in [0.2, 0.25) is 0 Å². The summed E-state index contributed by atoms with van der Waals surface area (Å²) >= 11 is 1.91. The Labute approximate surface area is 108 Å². The molecule has 2 atom stereocenters. The van der Waals surface area contributed by atoms with Crippen molar-refractivity contribution < 1.29 is 0 Å². The fourth-order valence-corrected chi connectivity index (χ4v) is 3.83. The van der Waals surface area contributed by atoms with Crippen molar-refractivity contribution in [1.82, 2.24) is 10.2 Å². The van der Waals surface area contributed by atoms with Crippen LogP contribution < -0.4 is 5.32 Å². The molecule has 1 aromatic heterocycles. The number of thiophene rings is 1. The average molecular weight is 250 g/mol. The van der Waals surface area contributed by atoms with Gasteiger partial charge in [0.05, 0.1) is 0 Å². The normalized spacial score (nSPS) is 30.6. The minimum absolute atomic E-state index is 0.728. The topological polar surface area (TPSA) is 15.3 Å². The van der Waals surface area contributed by atoms with E-state index in [9.17, 15) is 0 Å². The van der Waals surface area contributed by atoms with E-state index < -0.39 is 0 Å². The molecule has 0 bridgehead atoms. The van der Waals surface area contributed by atoms with Gasteiger partial charge in [-0.3, -0.25) is 0 Å². The summed E-state index contributed by atoms with van der Waals surface area (Å²) in [5, 5.41) is 5.99. The largest absolute Gasteiger partial charge is 0.310 e. The number of nitrogens with one attached hydrogen (secondary N) is 1. The highest BCUT2D eigenvalue weighted by molar-refractivity contribution is 7.09. The van der Waals surface area contributed by atoms with E-state index in [1.807, 2.05) is 11.3 Å². The molecule has 0 spiro atoms. The zero-order chi connectivity index (χ0) is 11.7. The van der Waals surface area contributed by atoms with Crippen molar-refractivity contribution in [3.8, 4) is 0 Å². The third kappa shape index (κ3) is 3.30. The van der Waals surface area contributed by atoms with Crippen LogP contribution in [-0.2, 0) is 6.42 Å². The van der Waals surface area contributed by atoms with Crippen molar-refractivity contribution in [3.05, 3.63) is 22.4 Å². The van der Waals surface area contributed by atoms with Gasteiger partial charge in [-0.1, -0.05) is 6.07 Å². The maximum atomic E-state index is 3.79. The van der Waals surface area contributed by atoms with Crippen LogP contribution in [0.5, 0.6) is 0 Å². The van der Waals surface area contributed by atoms with Crippen LogP contribution in [-0.4, -0.2) is 37.1 Å². The lowest BCUT2D eigenvalue weighted by Crippen LogP contribution is -2.48. The third-order valence-corrected chi connectivity index (χ3v) is 4.74. The van der Waals surface area contributed by atoms with Crippen molar-refractivity contribution >= 4 is 11.3 Å². The SMILES string of the molecule is CN1CC(Cc2cccs2)CC(NC2CC2)C1. The first kappa shape index (κ1) is 11.7. The van der Waals surface area contributed by atoms with Gasteiger partial charge in [-0.2, -0.15) is 0 Å². The van der Waals surface area contributed by atoms with Crippen molar-refractivity contribution in [2.24, 2.45) is 5.92 Å². The molecule has 2 aliphatic rings. The summed E-state index contributed by atoms with van der Waals surface area (Å²) in [5.41, 5.74) is 0. The predicted octanol–water partition coefficient (Wildman–Crippen LogP) is 2.36. The van der Waals surface area contributed by atoms with Gasteiger partial charge in [0, 0.05) is 30.1 Å². The maximum Gasteiger partial charge on any atom is 0.0200 e. The Kier molecular flexibility index (Phi) is 3.50. The van der Waals surface area contributed by atoms with E-state index in [1.165, 1.54) is 38.8 Å². The Bertz CT molecular complexity index is 343. The Morgan fingerprint density at radius 2 is 2.24 bits per heavy atom. The van der Waals surface area contributed by atoms with Crippen LogP contribution >= 0.6 is 11.3 Å². The van der Waals surface area contributed by atoms with Gasteiger partial charge in [-0.15, -0.1) is 11.3 Å². The molecule has 1 saturated carbocycles. The van der Waals surface area contributed by atoms with Gasteiger partial charge in [-0.05, 0) is 50.1 Å². The predicted molar refractivity (Wildman–Crippen MR) is 73.6 cm³/mol. The Morgan fingerprint density at radius 1 is 1.35 bits per heavy atom. The molecule has 2 fully saturated rings. The van der Waals surface area contributed by atoms with E-state index in [1.54, 1.807) is 4.88 Å². The van der Waals surface area contributed by atoms with Gasteiger partial charge < -0.3 is 10.2 Å².